The molecule has 0 unspecified atom stereocenters. The number of rotatable bonds is 2. The Morgan fingerprint density at radius 2 is 2.56 bits per heavy atom. The van der Waals surface area contributed by atoms with E-state index in [1.54, 1.807) is 18.0 Å². The highest BCUT2D eigenvalue weighted by molar-refractivity contribution is 8.02. The van der Waals surface area contributed by atoms with E-state index in [1.807, 2.05) is 25.4 Å². The fraction of sp³-hybridized carbons (Fsp3) is 0.455. The molecule has 1 saturated heterocycles. The van der Waals surface area contributed by atoms with E-state index in [1.165, 1.54) is 0 Å². The van der Waals surface area contributed by atoms with Gasteiger partial charge in [-0.2, -0.15) is 0 Å². The summed E-state index contributed by atoms with van der Waals surface area (Å²) < 4.78 is 5.92. The molecule has 1 N–H and O–H groups in total. The Hall–Kier alpha value is -0.650. The summed E-state index contributed by atoms with van der Waals surface area (Å²) in [5.41, 5.74) is 1.01. The minimum Gasteiger partial charge on any atom is -0.379 e. The molecule has 86 valence electrons. The van der Waals surface area contributed by atoms with Crippen molar-refractivity contribution in [3.63, 3.8) is 0 Å². The number of aromatic nitrogens is 1. The van der Waals surface area contributed by atoms with Crippen LogP contribution in [0.15, 0.2) is 24.5 Å². The monoisotopic (exact) mass is 254 g/mol. The zero-order valence-electron chi connectivity index (χ0n) is 9.10. The zero-order chi connectivity index (χ0) is 11.4. The van der Waals surface area contributed by atoms with Crippen molar-refractivity contribution in [3.8, 4) is 0 Å². The van der Waals surface area contributed by atoms with Gasteiger partial charge in [0.05, 0.1) is 6.61 Å². The Kier molecular flexibility index (Phi) is 3.78. The number of likely N-dealkylation sites (N-methyl/N-ethyl adjacent to an activating group) is 1. The van der Waals surface area contributed by atoms with Crippen LogP contribution in [0.25, 0.3) is 0 Å². The SMILES string of the molecule is CNC(=S)[C@]1(c2cccnc2)OCCCS1. The third-order valence-corrected chi connectivity index (χ3v) is 4.54. The van der Waals surface area contributed by atoms with E-state index >= 15 is 0 Å². The van der Waals surface area contributed by atoms with Gasteiger partial charge in [-0.05, 0) is 18.2 Å². The summed E-state index contributed by atoms with van der Waals surface area (Å²) in [6, 6.07) is 3.92. The summed E-state index contributed by atoms with van der Waals surface area (Å²) >= 11 is 7.12. The van der Waals surface area contributed by atoms with Gasteiger partial charge >= 0.3 is 0 Å². The van der Waals surface area contributed by atoms with E-state index in [0.717, 1.165) is 24.3 Å². The number of nitrogens with zero attached hydrogens (tertiary/aromatic N) is 1. The highest BCUT2D eigenvalue weighted by Crippen LogP contribution is 2.41. The van der Waals surface area contributed by atoms with Gasteiger partial charge in [-0.25, -0.2) is 0 Å². The molecule has 0 spiro atoms. The van der Waals surface area contributed by atoms with Gasteiger partial charge in [-0.3, -0.25) is 4.98 Å². The van der Waals surface area contributed by atoms with Crippen molar-refractivity contribution in [3.05, 3.63) is 30.1 Å². The zero-order valence-corrected chi connectivity index (χ0v) is 10.7. The Bertz CT molecular complexity index is 364. The largest absolute Gasteiger partial charge is 0.379 e. The van der Waals surface area contributed by atoms with E-state index in [9.17, 15) is 0 Å². The molecule has 1 aliphatic rings. The van der Waals surface area contributed by atoms with Crippen molar-refractivity contribution in [1.82, 2.24) is 10.3 Å². The molecule has 1 aromatic heterocycles. The van der Waals surface area contributed by atoms with Crippen LogP contribution in [0.5, 0.6) is 0 Å². The molecule has 2 rings (SSSR count). The van der Waals surface area contributed by atoms with Gasteiger partial charge in [0.1, 0.15) is 4.99 Å². The first-order valence-electron chi connectivity index (χ1n) is 5.20. The maximum atomic E-state index is 5.92. The fourth-order valence-corrected chi connectivity index (χ4v) is 3.27. The number of thiocarbonyl (C=S) groups is 1. The van der Waals surface area contributed by atoms with Gasteiger partial charge in [0, 0.05) is 25.0 Å². The lowest BCUT2D eigenvalue weighted by atomic mass is 10.1. The molecule has 0 amide bonds. The second kappa shape index (κ2) is 5.12. The van der Waals surface area contributed by atoms with Gasteiger partial charge in [0.2, 0.25) is 0 Å². The summed E-state index contributed by atoms with van der Waals surface area (Å²) in [5.74, 6) is 1.05. The number of hydrogen-bond donors (Lipinski definition) is 1. The van der Waals surface area contributed by atoms with Crippen molar-refractivity contribution in [2.45, 2.75) is 11.4 Å². The predicted molar refractivity (Wildman–Crippen MR) is 70.6 cm³/mol. The minimum absolute atomic E-state index is 0.545. The third-order valence-electron chi connectivity index (χ3n) is 2.47. The summed E-state index contributed by atoms with van der Waals surface area (Å²) in [4.78, 5) is 4.31. The standard InChI is InChI=1S/C11H14N2OS2/c1-12-10(15)11(14-6-3-7-16-11)9-4-2-5-13-8-9/h2,4-5,8H,3,6-7H2,1H3,(H,12,15)/t11-/m1/s1. The number of ether oxygens (including phenoxy) is 1. The third kappa shape index (κ3) is 2.07. The highest BCUT2D eigenvalue weighted by atomic mass is 32.2. The number of hydrogen-bond acceptors (Lipinski definition) is 4. The maximum Gasteiger partial charge on any atom is 0.191 e. The van der Waals surface area contributed by atoms with Crippen LogP contribution < -0.4 is 5.32 Å². The fourth-order valence-electron chi connectivity index (χ4n) is 1.68. The Morgan fingerprint density at radius 3 is 3.12 bits per heavy atom. The highest BCUT2D eigenvalue weighted by Gasteiger charge is 2.40. The quantitative estimate of drug-likeness (QED) is 0.816. The molecule has 1 fully saturated rings. The van der Waals surface area contributed by atoms with E-state index in [2.05, 4.69) is 10.3 Å². The molecule has 0 bridgehead atoms. The number of nitrogens with one attached hydrogen (secondary N) is 1. The number of pyridine rings is 1. The van der Waals surface area contributed by atoms with E-state index in [4.69, 9.17) is 17.0 Å². The molecule has 16 heavy (non-hydrogen) atoms. The van der Waals surface area contributed by atoms with Crippen LogP contribution in [0.2, 0.25) is 0 Å². The first-order valence-corrected chi connectivity index (χ1v) is 6.59. The predicted octanol–water partition coefficient (Wildman–Crippen LogP) is 1.93. The Morgan fingerprint density at radius 1 is 1.69 bits per heavy atom. The van der Waals surface area contributed by atoms with Crippen molar-refractivity contribution in [2.75, 3.05) is 19.4 Å². The molecule has 5 heteroatoms. The Labute approximate surface area is 105 Å². The molecule has 0 saturated carbocycles. The summed E-state index contributed by atoms with van der Waals surface area (Å²) in [6.07, 6.45) is 4.65. The molecule has 1 atom stereocenters. The molecule has 3 nitrogen and oxygen atoms in total. The lowest BCUT2D eigenvalue weighted by Crippen LogP contribution is -2.43. The van der Waals surface area contributed by atoms with Gasteiger partial charge in [-0.15, -0.1) is 11.8 Å². The Balaban J connectivity index is 2.38. The number of thioether (sulfide) groups is 1. The van der Waals surface area contributed by atoms with Crippen LogP contribution in [0.1, 0.15) is 12.0 Å². The average molecular weight is 254 g/mol. The molecule has 0 aliphatic carbocycles. The second-order valence-electron chi connectivity index (χ2n) is 3.49. The van der Waals surface area contributed by atoms with E-state index < -0.39 is 4.93 Å². The lowest BCUT2D eigenvalue weighted by Gasteiger charge is -2.36. The van der Waals surface area contributed by atoms with E-state index in [0.29, 0.717) is 4.99 Å². The topological polar surface area (TPSA) is 34.2 Å². The lowest BCUT2D eigenvalue weighted by molar-refractivity contribution is 0.0645. The van der Waals surface area contributed by atoms with Crippen molar-refractivity contribution >= 4 is 29.0 Å². The van der Waals surface area contributed by atoms with Crippen molar-refractivity contribution in [1.29, 1.82) is 0 Å². The molecule has 1 aromatic rings. The summed E-state index contributed by atoms with van der Waals surface area (Å²) in [7, 11) is 1.83. The smallest absolute Gasteiger partial charge is 0.191 e. The molecule has 0 radical (unpaired) electrons. The van der Waals surface area contributed by atoms with Crippen molar-refractivity contribution < 1.29 is 4.74 Å². The van der Waals surface area contributed by atoms with Gasteiger partial charge < -0.3 is 10.1 Å². The normalized spacial score (nSPS) is 25.1. The van der Waals surface area contributed by atoms with E-state index in [-0.39, 0.29) is 0 Å². The average Bonchev–Trinajstić information content (AvgIpc) is 2.39. The van der Waals surface area contributed by atoms with Gasteiger partial charge in [0.25, 0.3) is 0 Å². The molecule has 0 aromatic carbocycles. The summed E-state index contributed by atoms with van der Waals surface area (Å²) in [5, 5.41) is 3.03. The maximum absolute atomic E-state index is 5.92. The van der Waals surface area contributed by atoms with Gasteiger partial charge in [-0.1, -0.05) is 18.3 Å². The minimum atomic E-state index is -0.545. The second-order valence-corrected chi connectivity index (χ2v) is 5.17. The van der Waals surface area contributed by atoms with Crippen LogP contribution in [0.4, 0.5) is 0 Å². The van der Waals surface area contributed by atoms with Crippen LogP contribution in [0.3, 0.4) is 0 Å². The van der Waals surface area contributed by atoms with Crippen LogP contribution in [-0.4, -0.2) is 29.4 Å². The first-order chi connectivity index (χ1) is 7.79. The van der Waals surface area contributed by atoms with Crippen molar-refractivity contribution in [2.24, 2.45) is 0 Å². The van der Waals surface area contributed by atoms with Crippen LogP contribution >= 0.6 is 24.0 Å². The van der Waals surface area contributed by atoms with Gasteiger partial charge in [0.15, 0.2) is 4.93 Å². The summed E-state index contributed by atoms with van der Waals surface area (Å²) in [6.45, 7) is 0.740. The molecule has 2 heterocycles. The van der Waals surface area contributed by atoms with Crippen LogP contribution in [-0.2, 0) is 9.67 Å². The van der Waals surface area contributed by atoms with Crippen LogP contribution in [0, 0.1) is 0 Å². The molecular formula is C11H14N2OS2. The molecule has 1 aliphatic heterocycles. The molecular weight excluding hydrogens is 240 g/mol. The first kappa shape index (κ1) is 11.8.